The third-order valence-electron chi connectivity index (χ3n) is 6.30. The van der Waals surface area contributed by atoms with Crippen LogP contribution in [-0.4, -0.2) is 38.7 Å². The summed E-state index contributed by atoms with van der Waals surface area (Å²) in [5, 5.41) is 8.15. The smallest absolute Gasteiger partial charge is 0.225 e. The fourth-order valence-corrected chi connectivity index (χ4v) is 4.35. The number of benzene rings is 2. The highest BCUT2D eigenvalue weighted by molar-refractivity contribution is 5.81. The molecule has 0 radical (unpaired) electrons. The third-order valence-corrected chi connectivity index (χ3v) is 6.30. The molecule has 160 valence electrons. The summed E-state index contributed by atoms with van der Waals surface area (Å²) in [7, 11) is 0. The lowest BCUT2D eigenvalue weighted by Crippen LogP contribution is -2.30. The number of aromatic nitrogens is 3. The number of amides is 1. The lowest BCUT2D eigenvalue weighted by molar-refractivity contribution is -0.131. The van der Waals surface area contributed by atoms with Crippen LogP contribution in [0.3, 0.4) is 0 Å². The Labute approximate surface area is 179 Å². The summed E-state index contributed by atoms with van der Waals surface area (Å²) in [5.41, 5.74) is 2.34. The van der Waals surface area contributed by atoms with E-state index in [9.17, 15) is 9.18 Å². The molecule has 2 heterocycles. The molecule has 1 unspecified atom stereocenters. The minimum Gasteiger partial charge on any atom is -0.342 e. The van der Waals surface area contributed by atoms with E-state index in [-0.39, 0.29) is 17.6 Å². The lowest BCUT2D eigenvalue weighted by Gasteiger charge is -2.17. The van der Waals surface area contributed by atoms with E-state index in [1.54, 1.807) is 31.5 Å². The normalized spacial score (nSPS) is 18.5. The molecule has 5 rings (SSSR count). The summed E-state index contributed by atoms with van der Waals surface area (Å²) in [6.07, 6.45) is 4.59. The van der Waals surface area contributed by atoms with Crippen LogP contribution in [-0.2, 0) is 11.3 Å². The number of hydrogen-bond acceptors (Lipinski definition) is 3. The molecule has 0 N–H and O–H groups in total. The van der Waals surface area contributed by atoms with Gasteiger partial charge >= 0.3 is 0 Å². The Balaban J connectivity index is 1.34. The maximum absolute atomic E-state index is 15.0. The number of carbonyl (C=O) groups excluding carboxylic acids is 1. The van der Waals surface area contributed by atoms with Gasteiger partial charge in [0.05, 0.1) is 5.56 Å². The van der Waals surface area contributed by atoms with Crippen LogP contribution in [0.4, 0.5) is 8.78 Å². The number of likely N-dealkylation sites (tertiary alicyclic amines) is 1. The molecule has 2 aromatic carbocycles. The number of aryl methyl sites for hydroxylation is 1. The van der Waals surface area contributed by atoms with Crippen molar-refractivity contribution in [1.82, 2.24) is 19.7 Å². The molecule has 2 fully saturated rings. The van der Waals surface area contributed by atoms with E-state index in [4.69, 9.17) is 0 Å². The van der Waals surface area contributed by atoms with Crippen LogP contribution >= 0.6 is 0 Å². The van der Waals surface area contributed by atoms with Gasteiger partial charge in [-0.25, -0.2) is 8.78 Å². The van der Waals surface area contributed by atoms with Crippen molar-refractivity contribution in [3.05, 3.63) is 59.9 Å². The molecule has 1 saturated carbocycles. The quantitative estimate of drug-likeness (QED) is 0.610. The molecule has 1 amide bonds. The zero-order valence-electron chi connectivity index (χ0n) is 17.4. The largest absolute Gasteiger partial charge is 0.342 e. The Morgan fingerprint density at radius 3 is 2.58 bits per heavy atom. The molecular formula is C24H24F2N4O. The second-order valence-electron chi connectivity index (χ2n) is 8.68. The predicted octanol–water partition coefficient (Wildman–Crippen LogP) is 4.46. The van der Waals surface area contributed by atoms with Crippen LogP contribution in [0.2, 0.25) is 0 Å². The second-order valence-corrected chi connectivity index (χ2v) is 8.68. The van der Waals surface area contributed by atoms with Gasteiger partial charge in [0.2, 0.25) is 5.91 Å². The Hall–Kier alpha value is -3.09. The molecule has 5 nitrogen and oxygen atoms in total. The van der Waals surface area contributed by atoms with Crippen LogP contribution in [0.15, 0.2) is 42.7 Å². The zero-order valence-corrected chi connectivity index (χ0v) is 17.4. The SMILES string of the molecule is Cc1cc(-c2ccc(-c3nncn3CC3CCN(C(=O)C4CC4)C3)c(F)c2)ccc1F. The van der Waals surface area contributed by atoms with Crippen molar-refractivity contribution in [2.24, 2.45) is 11.8 Å². The summed E-state index contributed by atoms with van der Waals surface area (Å²) in [6, 6.07) is 9.71. The fraction of sp³-hybridized carbons (Fsp3) is 0.375. The highest BCUT2D eigenvalue weighted by atomic mass is 19.1. The van der Waals surface area contributed by atoms with Crippen molar-refractivity contribution in [1.29, 1.82) is 0 Å². The summed E-state index contributed by atoms with van der Waals surface area (Å²) < 4.78 is 30.5. The van der Waals surface area contributed by atoms with Crippen molar-refractivity contribution in [3.8, 4) is 22.5 Å². The predicted molar refractivity (Wildman–Crippen MR) is 113 cm³/mol. The maximum atomic E-state index is 15.0. The molecule has 3 aromatic rings. The monoisotopic (exact) mass is 422 g/mol. The minimum atomic E-state index is -0.398. The molecule has 0 bridgehead atoms. The molecule has 1 saturated heterocycles. The first-order valence-corrected chi connectivity index (χ1v) is 10.7. The van der Waals surface area contributed by atoms with Crippen molar-refractivity contribution >= 4 is 5.91 Å². The van der Waals surface area contributed by atoms with Gasteiger partial charge in [-0.1, -0.05) is 12.1 Å². The standard InChI is InChI=1S/C24H24F2N4O/c1-15-10-18(5-7-21(15)25)19-4-6-20(22(26)11-19)23-28-27-14-30(23)13-16-8-9-29(12-16)24(31)17-2-3-17/h4-7,10-11,14,16-17H,2-3,8-9,12-13H2,1H3. The van der Waals surface area contributed by atoms with Gasteiger partial charge in [-0.05, 0) is 73.1 Å². The Bertz CT molecular complexity index is 1140. The molecule has 2 aliphatic rings. The van der Waals surface area contributed by atoms with Gasteiger partial charge in [-0.15, -0.1) is 10.2 Å². The van der Waals surface area contributed by atoms with Gasteiger partial charge in [-0.2, -0.15) is 0 Å². The summed E-state index contributed by atoms with van der Waals surface area (Å²) in [6.45, 7) is 3.86. The van der Waals surface area contributed by atoms with Crippen LogP contribution in [0.25, 0.3) is 22.5 Å². The van der Waals surface area contributed by atoms with Crippen LogP contribution < -0.4 is 0 Å². The highest BCUT2D eigenvalue weighted by Gasteiger charge is 2.36. The number of halogens is 2. The zero-order chi connectivity index (χ0) is 21.5. The second kappa shape index (κ2) is 7.87. The highest BCUT2D eigenvalue weighted by Crippen LogP contribution is 2.33. The van der Waals surface area contributed by atoms with Crippen LogP contribution in [0, 0.1) is 30.4 Å². The van der Waals surface area contributed by atoms with E-state index < -0.39 is 5.82 Å². The third kappa shape index (κ3) is 3.96. The maximum Gasteiger partial charge on any atom is 0.225 e. The van der Waals surface area contributed by atoms with E-state index in [0.29, 0.717) is 35.0 Å². The molecule has 7 heteroatoms. The van der Waals surface area contributed by atoms with E-state index in [0.717, 1.165) is 37.9 Å². The fourth-order valence-electron chi connectivity index (χ4n) is 4.35. The van der Waals surface area contributed by atoms with Gasteiger partial charge in [0.25, 0.3) is 0 Å². The van der Waals surface area contributed by atoms with Crippen LogP contribution in [0.5, 0.6) is 0 Å². The first kappa shape index (κ1) is 19.8. The van der Waals surface area contributed by atoms with E-state index in [1.165, 1.54) is 12.1 Å². The summed E-state index contributed by atoms with van der Waals surface area (Å²) in [5.74, 6) is 0.628. The number of rotatable bonds is 5. The van der Waals surface area contributed by atoms with Crippen molar-refractivity contribution < 1.29 is 13.6 Å². The molecule has 1 atom stereocenters. The number of carbonyl (C=O) groups is 1. The average Bonchev–Trinajstić information content (AvgIpc) is 3.34. The lowest BCUT2D eigenvalue weighted by atomic mass is 10.0. The van der Waals surface area contributed by atoms with Gasteiger partial charge in [0.15, 0.2) is 5.82 Å². The van der Waals surface area contributed by atoms with E-state index in [2.05, 4.69) is 10.2 Å². The van der Waals surface area contributed by atoms with Gasteiger partial charge < -0.3 is 9.47 Å². The van der Waals surface area contributed by atoms with Gasteiger partial charge in [0.1, 0.15) is 18.0 Å². The van der Waals surface area contributed by atoms with E-state index in [1.807, 2.05) is 15.5 Å². The molecule has 1 aliphatic carbocycles. The van der Waals surface area contributed by atoms with Gasteiger partial charge in [-0.3, -0.25) is 4.79 Å². The molecular weight excluding hydrogens is 398 g/mol. The van der Waals surface area contributed by atoms with Crippen molar-refractivity contribution in [2.45, 2.75) is 32.7 Å². The van der Waals surface area contributed by atoms with Crippen molar-refractivity contribution in [3.63, 3.8) is 0 Å². The first-order chi connectivity index (χ1) is 15.0. The molecule has 1 aromatic heterocycles. The Morgan fingerprint density at radius 2 is 1.84 bits per heavy atom. The summed E-state index contributed by atoms with van der Waals surface area (Å²) >= 11 is 0. The molecule has 0 spiro atoms. The number of nitrogens with zero attached hydrogens (tertiary/aromatic N) is 4. The van der Waals surface area contributed by atoms with E-state index >= 15 is 4.39 Å². The first-order valence-electron chi connectivity index (χ1n) is 10.7. The molecule has 31 heavy (non-hydrogen) atoms. The van der Waals surface area contributed by atoms with Gasteiger partial charge in [0, 0.05) is 25.6 Å². The van der Waals surface area contributed by atoms with Crippen molar-refractivity contribution in [2.75, 3.05) is 13.1 Å². The average molecular weight is 422 g/mol. The summed E-state index contributed by atoms with van der Waals surface area (Å²) in [4.78, 5) is 14.3. The minimum absolute atomic E-state index is 0.238. The Morgan fingerprint density at radius 1 is 1.06 bits per heavy atom. The van der Waals surface area contributed by atoms with Crippen LogP contribution in [0.1, 0.15) is 24.8 Å². The number of hydrogen-bond donors (Lipinski definition) is 0. The molecule has 1 aliphatic heterocycles. The Kier molecular flexibility index (Phi) is 5.04. The topological polar surface area (TPSA) is 51.0 Å².